The first-order chi connectivity index (χ1) is 17.6. The van der Waals surface area contributed by atoms with Crippen molar-refractivity contribution >= 4 is 33.4 Å². The van der Waals surface area contributed by atoms with E-state index in [9.17, 15) is 31.6 Å². The highest BCUT2D eigenvalue weighted by Gasteiger charge is 2.41. The lowest BCUT2D eigenvalue weighted by molar-refractivity contribution is -0.136. The second-order valence-corrected chi connectivity index (χ2v) is 10.9. The molecule has 3 aliphatic rings. The quantitative estimate of drug-likeness (QED) is 0.587. The predicted octanol–water partition coefficient (Wildman–Crippen LogP) is 1.11. The van der Waals surface area contributed by atoms with E-state index in [0.717, 1.165) is 24.3 Å². The average molecular weight is 530 g/mol. The van der Waals surface area contributed by atoms with Crippen molar-refractivity contribution in [3.63, 3.8) is 0 Å². The van der Waals surface area contributed by atoms with Crippen LogP contribution >= 0.6 is 0 Å². The lowest BCUT2D eigenvalue weighted by atomic mass is 10.0. The molecule has 10 nitrogen and oxygen atoms in total. The summed E-state index contributed by atoms with van der Waals surface area (Å²) in [6.45, 7) is 0.512. The third-order valence-electron chi connectivity index (χ3n) is 6.87. The summed E-state index contributed by atoms with van der Waals surface area (Å²) in [5.41, 5.74) is 0.721. The minimum Gasteiger partial charge on any atom is -0.369 e. The largest absolute Gasteiger partial charge is 0.369 e. The van der Waals surface area contributed by atoms with Gasteiger partial charge in [0.25, 0.3) is 5.91 Å². The number of nitrogens with zero attached hydrogens (tertiary/aromatic N) is 4. The molecular formula is C24H21F2N5O5S. The second kappa shape index (κ2) is 9.20. The summed E-state index contributed by atoms with van der Waals surface area (Å²) in [5, 5.41) is 11.3. The molecule has 1 N–H and O–H groups in total. The number of sulfonamides is 1. The summed E-state index contributed by atoms with van der Waals surface area (Å²) in [5.74, 6) is -2.94. The molecule has 3 aliphatic heterocycles. The predicted molar refractivity (Wildman–Crippen MR) is 125 cm³/mol. The lowest BCUT2D eigenvalue weighted by Crippen LogP contribution is -2.52. The van der Waals surface area contributed by atoms with Crippen LogP contribution in [0.2, 0.25) is 0 Å². The van der Waals surface area contributed by atoms with Crippen LogP contribution in [0.15, 0.2) is 35.2 Å². The summed E-state index contributed by atoms with van der Waals surface area (Å²) in [6, 6.07) is 6.22. The van der Waals surface area contributed by atoms with Crippen molar-refractivity contribution in [1.29, 1.82) is 5.26 Å². The molecule has 3 heterocycles. The van der Waals surface area contributed by atoms with Gasteiger partial charge >= 0.3 is 0 Å². The molecule has 1 atom stereocenters. The van der Waals surface area contributed by atoms with Crippen molar-refractivity contribution in [2.45, 2.75) is 30.3 Å². The van der Waals surface area contributed by atoms with Gasteiger partial charge in [-0.25, -0.2) is 17.2 Å². The van der Waals surface area contributed by atoms with Gasteiger partial charge in [-0.15, -0.1) is 0 Å². The first-order valence-corrected chi connectivity index (χ1v) is 13.0. The molecule has 2 aromatic rings. The van der Waals surface area contributed by atoms with E-state index in [2.05, 4.69) is 5.32 Å². The molecule has 3 amide bonds. The Morgan fingerprint density at radius 2 is 1.76 bits per heavy atom. The fourth-order valence-electron chi connectivity index (χ4n) is 4.96. The van der Waals surface area contributed by atoms with Gasteiger partial charge in [-0.1, -0.05) is 0 Å². The Morgan fingerprint density at radius 1 is 1.03 bits per heavy atom. The molecule has 37 heavy (non-hydrogen) atoms. The minimum absolute atomic E-state index is 0.0394. The fraction of sp³-hybridized carbons (Fsp3) is 0.333. The number of anilines is 1. The van der Waals surface area contributed by atoms with Crippen molar-refractivity contribution in [3.8, 4) is 6.07 Å². The Balaban J connectivity index is 1.36. The molecule has 2 saturated heterocycles. The molecule has 1 unspecified atom stereocenters. The Bertz CT molecular complexity index is 1480. The van der Waals surface area contributed by atoms with Gasteiger partial charge in [-0.2, -0.15) is 9.57 Å². The van der Waals surface area contributed by atoms with Crippen LogP contribution in [0.25, 0.3) is 0 Å². The van der Waals surface area contributed by atoms with Crippen LogP contribution in [-0.4, -0.2) is 67.6 Å². The molecule has 0 bridgehead atoms. The van der Waals surface area contributed by atoms with Crippen LogP contribution in [0, 0.1) is 23.0 Å². The molecule has 0 aromatic heterocycles. The topological polar surface area (TPSA) is 131 Å². The van der Waals surface area contributed by atoms with Gasteiger partial charge in [-0.05, 0) is 36.8 Å². The number of amides is 3. The van der Waals surface area contributed by atoms with Crippen molar-refractivity contribution in [1.82, 2.24) is 14.5 Å². The van der Waals surface area contributed by atoms with Crippen molar-refractivity contribution in [2.75, 3.05) is 31.1 Å². The number of rotatable bonds is 4. The number of piperazine rings is 1. The van der Waals surface area contributed by atoms with Crippen LogP contribution < -0.4 is 10.2 Å². The van der Waals surface area contributed by atoms with Gasteiger partial charge in [0, 0.05) is 56.0 Å². The Kier molecular flexibility index (Phi) is 6.17. The van der Waals surface area contributed by atoms with Crippen LogP contribution in [-0.2, 0) is 26.2 Å². The maximum Gasteiger partial charge on any atom is 0.255 e. The monoisotopic (exact) mass is 529 g/mol. The Labute approximate surface area is 211 Å². The summed E-state index contributed by atoms with van der Waals surface area (Å²) >= 11 is 0. The number of carbonyl (C=O) groups is 3. The number of piperidine rings is 1. The maximum absolute atomic E-state index is 14.6. The standard InChI is InChI=1S/C24H21F2N5O5S/c25-15-10-17-18(13-31(24(17)34)20-3-4-22(32)28-23(20)33)21(11-15)29-5-7-30(8-6-29)37(35,36)16-1-2-19(26)14(9-16)12-27/h1-2,9-11,20H,3-8,13H2,(H,28,32,33). The zero-order valence-electron chi connectivity index (χ0n) is 19.4. The molecular weight excluding hydrogens is 508 g/mol. The molecule has 5 rings (SSSR count). The highest BCUT2D eigenvalue weighted by atomic mass is 32.2. The van der Waals surface area contributed by atoms with Gasteiger partial charge in [0.05, 0.1) is 10.5 Å². The number of nitrogens with one attached hydrogen (secondary N) is 1. The number of carbonyl (C=O) groups excluding carboxylic acids is 3. The first-order valence-electron chi connectivity index (χ1n) is 11.5. The summed E-state index contributed by atoms with van der Waals surface area (Å²) in [4.78, 5) is 39.8. The molecule has 13 heteroatoms. The number of hydrogen-bond acceptors (Lipinski definition) is 7. The van der Waals surface area contributed by atoms with Crippen LogP contribution in [0.3, 0.4) is 0 Å². The smallest absolute Gasteiger partial charge is 0.255 e. The number of benzene rings is 2. The van der Waals surface area contributed by atoms with Crippen LogP contribution in [0.4, 0.5) is 14.5 Å². The van der Waals surface area contributed by atoms with E-state index in [1.54, 1.807) is 11.0 Å². The van der Waals surface area contributed by atoms with Crippen LogP contribution in [0.1, 0.15) is 34.3 Å². The lowest BCUT2D eigenvalue weighted by Gasteiger charge is -2.36. The number of fused-ring (bicyclic) bond motifs is 1. The van der Waals surface area contributed by atoms with Gasteiger partial charge < -0.3 is 9.80 Å². The molecule has 0 aliphatic carbocycles. The van der Waals surface area contributed by atoms with E-state index in [0.29, 0.717) is 11.3 Å². The molecule has 0 spiro atoms. The van der Waals surface area contributed by atoms with Gasteiger partial charge in [-0.3, -0.25) is 19.7 Å². The molecule has 192 valence electrons. The van der Waals surface area contributed by atoms with Crippen LogP contribution in [0.5, 0.6) is 0 Å². The first kappa shape index (κ1) is 24.8. The van der Waals surface area contributed by atoms with Gasteiger partial charge in [0.2, 0.25) is 21.8 Å². The van der Waals surface area contributed by atoms with Crippen molar-refractivity contribution in [3.05, 3.63) is 58.7 Å². The number of halogens is 2. The highest BCUT2D eigenvalue weighted by molar-refractivity contribution is 7.89. The normalized spacial score (nSPS) is 20.6. The van der Waals surface area contributed by atoms with Gasteiger partial charge in [0.1, 0.15) is 23.7 Å². The van der Waals surface area contributed by atoms with E-state index in [1.165, 1.54) is 15.3 Å². The minimum atomic E-state index is -4.00. The number of nitriles is 1. The van der Waals surface area contributed by atoms with Crippen molar-refractivity contribution < 1.29 is 31.6 Å². The molecule has 2 aromatic carbocycles. The van der Waals surface area contributed by atoms with Crippen molar-refractivity contribution in [2.24, 2.45) is 0 Å². The maximum atomic E-state index is 14.6. The molecule has 0 saturated carbocycles. The Hall–Kier alpha value is -3.89. The van der Waals surface area contributed by atoms with E-state index in [-0.39, 0.29) is 61.6 Å². The number of imide groups is 1. The SMILES string of the molecule is N#Cc1cc(S(=O)(=O)N2CCN(c3cc(F)cc4c3CN(C3CCC(=O)NC3=O)C4=O)CC2)ccc1F. The molecule has 2 fully saturated rings. The third-order valence-corrected chi connectivity index (χ3v) is 8.77. The highest BCUT2D eigenvalue weighted by Crippen LogP contribution is 2.36. The van der Waals surface area contributed by atoms with E-state index in [4.69, 9.17) is 5.26 Å². The summed E-state index contributed by atoms with van der Waals surface area (Å²) in [6.07, 6.45) is 0.272. The fourth-order valence-corrected chi connectivity index (χ4v) is 6.41. The summed E-state index contributed by atoms with van der Waals surface area (Å²) < 4.78 is 55.6. The molecule has 0 radical (unpaired) electrons. The van der Waals surface area contributed by atoms with E-state index < -0.39 is 45.4 Å². The van der Waals surface area contributed by atoms with E-state index in [1.807, 2.05) is 0 Å². The zero-order valence-corrected chi connectivity index (χ0v) is 20.2. The van der Waals surface area contributed by atoms with Gasteiger partial charge in [0.15, 0.2) is 0 Å². The second-order valence-electron chi connectivity index (χ2n) is 9.00. The zero-order chi connectivity index (χ0) is 26.5. The average Bonchev–Trinajstić information content (AvgIpc) is 3.19. The van der Waals surface area contributed by atoms with E-state index >= 15 is 0 Å². The Morgan fingerprint density at radius 3 is 2.43 bits per heavy atom. The summed E-state index contributed by atoms with van der Waals surface area (Å²) in [7, 11) is -4.00. The third kappa shape index (κ3) is 4.32. The number of hydrogen-bond donors (Lipinski definition) is 1.